The number of phenols is 1. The molecule has 0 fully saturated rings. The quantitative estimate of drug-likeness (QED) is 0.613. The van der Waals surface area contributed by atoms with Crippen LogP contribution in [0.15, 0.2) is 36.4 Å². The molecule has 0 saturated heterocycles. The topological polar surface area (TPSA) is 74.2 Å². The summed E-state index contributed by atoms with van der Waals surface area (Å²) in [5.41, 5.74) is 1.03. The number of carbonyl (C=O) groups is 1. The fourth-order valence-corrected chi connectivity index (χ4v) is 2.27. The highest BCUT2D eigenvalue weighted by atomic mass is 16.5. The van der Waals surface area contributed by atoms with Gasteiger partial charge >= 0.3 is 0 Å². The van der Waals surface area contributed by atoms with Crippen molar-refractivity contribution >= 4 is 11.9 Å². The van der Waals surface area contributed by atoms with Gasteiger partial charge in [-0.1, -0.05) is 0 Å². The van der Waals surface area contributed by atoms with Crippen molar-refractivity contribution in [2.45, 2.75) is 0 Å². The lowest BCUT2D eigenvalue weighted by Crippen LogP contribution is -1.98. The third-order valence-corrected chi connectivity index (χ3v) is 3.62. The number of hydrogen-bond donors (Lipinski definition) is 1. The standard InChI is InChI=1S/C19H20O6/c1-22-14-6-8-16(23-2)12(9-14)5-7-15(20)13-10-17(24-3)19(21)18(11-13)25-4/h5-11,21H,1-4H3/b7-5+. The molecule has 0 amide bonds. The Morgan fingerprint density at radius 2 is 1.48 bits per heavy atom. The molecule has 0 bridgehead atoms. The Morgan fingerprint density at radius 3 is 2.00 bits per heavy atom. The minimum absolute atomic E-state index is 0.153. The maximum Gasteiger partial charge on any atom is 0.200 e. The van der Waals surface area contributed by atoms with E-state index in [1.807, 2.05) is 0 Å². The van der Waals surface area contributed by atoms with Gasteiger partial charge < -0.3 is 24.1 Å². The highest BCUT2D eigenvalue weighted by molar-refractivity contribution is 6.07. The highest BCUT2D eigenvalue weighted by Gasteiger charge is 2.14. The van der Waals surface area contributed by atoms with Crippen molar-refractivity contribution in [1.29, 1.82) is 0 Å². The summed E-state index contributed by atoms with van der Waals surface area (Å²) in [5.74, 6) is 1.16. The maximum absolute atomic E-state index is 12.5. The van der Waals surface area contributed by atoms with Crippen LogP contribution in [0, 0.1) is 0 Å². The van der Waals surface area contributed by atoms with Crippen molar-refractivity contribution in [3.8, 4) is 28.7 Å². The van der Waals surface area contributed by atoms with Gasteiger partial charge in [0.05, 0.1) is 28.4 Å². The number of phenolic OH excluding ortho intramolecular Hbond substituents is 1. The summed E-state index contributed by atoms with van der Waals surface area (Å²) in [7, 11) is 5.92. The molecule has 2 rings (SSSR count). The summed E-state index contributed by atoms with van der Waals surface area (Å²) in [5, 5.41) is 9.92. The molecule has 0 aliphatic rings. The SMILES string of the molecule is COc1ccc(OC)c(/C=C/C(=O)c2cc(OC)c(O)c(OC)c2)c1. The van der Waals surface area contributed by atoms with E-state index in [9.17, 15) is 9.90 Å². The number of methoxy groups -OCH3 is 4. The molecule has 0 aliphatic carbocycles. The molecule has 0 radical (unpaired) electrons. The van der Waals surface area contributed by atoms with Crippen molar-refractivity contribution in [3.63, 3.8) is 0 Å². The molecule has 0 atom stereocenters. The second-order valence-corrected chi connectivity index (χ2v) is 5.03. The third kappa shape index (κ3) is 4.03. The monoisotopic (exact) mass is 344 g/mol. The molecular formula is C19H20O6. The van der Waals surface area contributed by atoms with Crippen LogP contribution in [0.5, 0.6) is 28.7 Å². The number of carbonyl (C=O) groups excluding carboxylic acids is 1. The first-order valence-electron chi connectivity index (χ1n) is 7.43. The van der Waals surface area contributed by atoms with E-state index in [-0.39, 0.29) is 23.0 Å². The van der Waals surface area contributed by atoms with Crippen LogP contribution in [-0.2, 0) is 0 Å². The number of hydrogen-bond acceptors (Lipinski definition) is 6. The van der Waals surface area contributed by atoms with Gasteiger partial charge in [-0.2, -0.15) is 0 Å². The van der Waals surface area contributed by atoms with Crippen LogP contribution in [0.2, 0.25) is 0 Å². The van der Waals surface area contributed by atoms with Crippen molar-refractivity contribution in [2.24, 2.45) is 0 Å². The lowest BCUT2D eigenvalue weighted by Gasteiger charge is -2.10. The Kier molecular flexibility index (Phi) is 5.89. The first kappa shape index (κ1) is 18.2. The summed E-state index contributed by atoms with van der Waals surface area (Å²) in [6.07, 6.45) is 3.04. The zero-order valence-corrected chi connectivity index (χ0v) is 14.5. The van der Waals surface area contributed by atoms with E-state index in [0.29, 0.717) is 22.6 Å². The van der Waals surface area contributed by atoms with E-state index in [1.54, 1.807) is 38.5 Å². The van der Waals surface area contributed by atoms with Gasteiger partial charge in [0.15, 0.2) is 17.3 Å². The molecule has 1 N–H and O–H groups in total. The summed E-state index contributed by atoms with van der Waals surface area (Å²) in [6, 6.07) is 8.20. The second kappa shape index (κ2) is 8.10. The highest BCUT2D eigenvalue weighted by Crippen LogP contribution is 2.37. The van der Waals surface area contributed by atoms with Gasteiger partial charge in [0, 0.05) is 11.1 Å². The molecule has 132 valence electrons. The minimum Gasteiger partial charge on any atom is -0.502 e. The molecule has 6 nitrogen and oxygen atoms in total. The predicted molar refractivity (Wildman–Crippen MR) is 94.1 cm³/mol. The molecule has 2 aromatic carbocycles. The molecule has 0 spiro atoms. The molecule has 25 heavy (non-hydrogen) atoms. The van der Waals surface area contributed by atoms with E-state index < -0.39 is 0 Å². The smallest absolute Gasteiger partial charge is 0.200 e. The van der Waals surface area contributed by atoms with Gasteiger partial charge in [-0.3, -0.25) is 4.79 Å². The van der Waals surface area contributed by atoms with Crippen molar-refractivity contribution in [2.75, 3.05) is 28.4 Å². The number of rotatable bonds is 7. The molecule has 0 aromatic heterocycles. The summed E-state index contributed by atoms with van der Waals surface area (Å²) in [6.45, 7) is 0. The van der Waals surface area contributed by atoms with Crippen LogP contribution in [0.1, 0.15) is 15.9 Å². The van der Waals surface area contributed by atoms with Gasteiger partial charge in [-0.05, 0) is 42.5 Å². The lowest BCUT2D eigenvalue weighted by atomic mass is 10.1. The van der Waals surface area contributed by atoms with Crippen LogP contribution < -0.4 is 18.9 Å². The van der Waals surface area contributed by atoms with E-state index in [4.69, 9.17) is 18.9 Å². The number of aromatic hydroxyl groups is 1. The summed E-state index contributed by atoms with van der Waals surface area (Å²) in [4.78, 5) is 12.5. The van der Waals surface area contributed by atoms with E-state index in [1.165, 1.54) is 32.4 Å². The molecule has 0 saturated carbocycles. The normalized spacial score (nSPS) is 10.6. The first-order valence-corrected chi connectivity index (χ1v) is 7.43. The molecule has 2 aromatic rings. The Balaban J connectivity index is 2.35. The summed E-state index contributed by atoms with van der Waals surface area (Å²) >= 11 is 0. The fraction of sp³-hybridized carbons (Fsp3) is 0.211. The van der Waals surface area contributed by atoms with Crippen LogP contribution in [0.3, 0.4) is 0 Å². The van der Waals surface area contributed by atoms with Crippen molar-refractivity contribution < 1.29 is 28.8 Å². The number of ether oxygens (including phenoxy) is 4. The molecule has 0 unspecified atom stereocenters. The van der Waals surface area contributed by atoms with Gasteiger partial charge in [-0.25, -0.2) is 0 Å². The molecular weight excluding hydrogens is 324 g/mol. The number of ketones is 1. The molecule has 0 aliphatic heterocycles. The van der Waals surface area contributed by atoms with E-state index in [2.05, 4.69) is 0 Å². The Bertz CT molecular complexity index is 769. The number of allylic oxidation sites excluding steroid dienone is 1. The minimum atomic E-state index is -0.276. The average molecular weight is 344 g/mol. The van der Waals surface area contributed by atoms with Crippen LogP contribution in [0.25, 0.3) is 6.08 Å². The Labute approximate surface area is 146 Å². The lowest BCUT2D eigenvalue weighted by molar-refractivity contribution is 0.104. The fourth-order valence-electron chi connectivity index (χ4n) is 2.27. The van der Waals surface area contributed by atoms with Gasteiger partial charge in [0.25, 0.3) is 0 Å². The van der Waals surface area contributed by atoms with Crippen molar-refractivity contribution in [1.82, 2.24) is 0 Å². The van der Waals surface area contributed by atoms with Gasteiger partial charge in [0.1, 0.15) is 11.5 Å². The second-order valence-electron chi connectivity index (χ2n) is 5.03. The average Bonchev–Trinajstić information content (AvgIpc) is 2.65. The zero-order valence-electron chi connectivity index (χ0n) is 14.5. The maximum atomic E-state index is 12.5. The summed E-state index contributed by atoms with van der Waals surface area (Å²) < 4.78 is 20.6. The van der Waals surface area contributed by atoms with Gasteiger partial charge in [-0.15, -0.1) is 0 Å². The van der Waals surface area contributed by atoms with E-state index in [0.717, 1.165) is 0 Å². The first-order chi connectivity index (χ1) is 12.0. The largest absolute Gasteiger partial charge is 0.502 e. The third-order valence-electron chi connectivity index (χ3n) is 3.62. The predicted octanol–water partition coefficient (Wildman–Crippen LogP) is 3.32. The Hall–Kier alpha value is -3.15. The van der Waals surface area contributed by atoms with Gasteiger partial charge in [0.2, 0.25) is 5.75 Å². The van der Waals surface area contributed by atoms with Crippen molar-refractivity contribution in [3.05, 3.63) is 47.5 Å². The zero-order chi connectivity index (χ0) is 18.4. The van der Waals surface area contributed by atoms with Crippen LogP contribution >= 0.6 is 0 Å². The number of benzene rings is 2. The molecule has 0 heterocycles. The van der Waals surface area contributed by atoms with Crippen LogP contribution in [-0.4, -0.2) is 39.3 Å². The van der Waals surface area contributed by atoms with E-state index >= 15 is 0 Å². The Morgan fingerprint density at radius 1 is 0.880 bits per heavy atom. The van der Waals surface area contributed by atoms with Crippen LogP contribution in [0.4, 0.5) is 0 Å². The molecule has 6 heteroatoms.